The number of carbonyl (C=O) groups excluding carboxylic acids is 1. The first-order chi connectivity index (χ1) is 11.7. The quantitative estimate of drug-likeness (QED) is 0.503. The van der Waals surface area contributed by atoms with E-state index in [1.54, 1.807) is 13.0 Å². The van der Waals surface area contributed by atoms with Crippen molar-refractivity contribution in [3.8, 4) is 0 Å². The van der Waals surface area contributed by atoms with E-state index in [1.165, 1.54) is 43.1 Å². The minimum absolute atomic E-state index is 0.103. The summed E-state index contributed by atoms with van der Waals surface area (Å²) < 4.78 is 2.16. The molecule has 0 unspecified atom stereocenters. The van der Waals surface area contributed by atoms with Gasteiger partial charge in [0.15, 0.2) is 0 Å². The van der Waals surface area contributed by atoms with Crippen molar-refractivity contribution in [3.05, 3.63) is 72.6 Å². The van der Waals surface area contributed by atoms with Crippen LogP contribution in [0.5, 0.6) is 0 Å². The number of anilines is 1. The smallest absolute Gasteiger partial charge is 0.322 e. The fourth-order valence-corrected chi connectivity index (χ4v) is 2.18. The maximum Gasteiger partial charge on any atom is 0.330 e. The number of nitro benzene ring substituents is 1. The summed E-state index contributed by atoms with van der Waals surface area (Å²) in [5.41, 5.74) is -0.201. The second kappa shape index (κ2) is 6.95. The molecule has 0 spiro atoms. The lowest BCUT2D eigenvalue weighted by Crippen LogP contribution is -2.37. The Kier molecular flexibility index (Phi) is 4.97. The van der Waals surface area contributed by atoms with Gasteiger partial charge in [-0.15, -0.1) is 0 Å². The lowest BCUT2D eigenvalue weighted by atomic mass is 10.2. The largest absolute Gasteiger partial charge is 0.330 e. The molecule has 1 aromatic heterocycles. The highest BCUT2D eigenvalue weighted by molar-refractivity contribution is 6.02. The number of nitrogens with one attached hydrogen (secondary N) is 1. The molecule has 0 aliphatic heterocycles. The summed E-state index contributed by atoms with van der Waals surface area (Å²) in [6.45, 7) is 1.60. The molecule has 0 aliphatic carbocycles. The van der Waals surface area contributed by atoms with Gasteiger partial charge in [-0.3, -0.25) is 24.3 Å². The standard InChI is InChI=1S/C16H16N4O5/c1-10-4-6-12(8-13(10)20(24)25)17-14(21)7-5-11-9-18(2)16(23)19(3)15(11)22/h4-9H,1-3H3,(H,17,21)/b7-5+. The van der Waals surface area contributed by atoms with Crippen LogP contribution in [0.2, 0.25) is 0 Å². The molecule has 130 valence electrons. The van der Waals surface area contributed by atoms with Gasteiger partial charge in [-0.1, -0.05) is 6.07 Å². The summed E-state index contributed by atoms with van der Waals surface area (Å²) in [4.78, 5) is 45.9. The molecule has 2 rings (SSSR count). The molecule has 0 saturated carbocycles. The van der Waals surface area contributed by atoms with Crippen molar-refractivity contribution in [1.82, 2.24) is 9.13 Å². The zero-order valence-corrected chi connectivity index (χ0v) is 13.8. The Balaban J connectivity index is 2.23. The first-order valence-corrected chi connectivity index (χ1v) is 7.21. The van der Waals surface area contributed by atoms with Crippen LogP contribution in [0.3, 0.4) is 0 Å². The van der Waals surface area contributed by atoms with Crippen LogP contribution >= 0.6 is 0 Å². The number of amides is 1. The molecule has 1 amide bonds. The lowest BCUT2D eigenvalue weighted by molar-refractivity contribution is -0.385. The van der Waals surface area contributed by atoms with Crippen LogP contribution in [-0.2, 0) is 18.9 Å². The molecule has 1 aromatic carbocycles. The van der Waals surface area contributed by atoms with E-state index in [2.05, 4.69) is 5.32 Å². The van der Waals surface area contributed by atoms with Gasteiger partial charge < -0.3 is 9.88 Å². The van der Waals surface area contributed by atoms with E-state index in [0.29, 0.717) is 5.56 Å². The number of nitro groups is 1. The Morgan fingerprint density at radius 1 is 1.28 bits per heavy atom. The third-order valence-electron chi connectivity index (χ3n) is 3.56. The van der Waals surface area contributed by atoms with Crippen LogP contribution in [0.4, 0.5) is 11.4 Å². The van der Waals surface area contributed by atoms with Crippen LogP contribution in [0.25, 0.3) is 6.08 Å². The Bertz CT molecular complexity index is 1000. The van der Waals surface area contributed by atoms with Gasteiger partial charge in [-0.25, -0.2) is 4.79 Å². The zero-order chi connectivity index (χ0) is 18.7. The fourth-order valence-electron chi connectivity index (χ4n) is 2.18. The maximum atomic E-state index is 12.0. The summed E-state index contributed by atoms with van der Waals surface area (Å²) in [6, 6.07) is 4.33. The Labute approximate surface area is 142 Å². The minimum atomic E-state index is -0.561. The number of hydrogen-bond acceptors (Lipinski definition) is 5. The molecule has 9 heteroatoms. The summed E-state index contributed by atoms with van der Waals surface area (Å²) >= 11 is 0. The minimum Gasteiger partial charge on any atom is -0.322 e. The molecular weight excluding hydrogens is 328 g/mol. The number of aryl methyl sites for hydroxylation is 2. The number of aromatic nitrogens is 2. The van der Waals surface area contributed by atoms with E-state index < -0.39 is 22.1 Å². The SMILES string of the molecule is Cc1ccc(NC(=O)/C=C/c2cn(C)c(=O)n(C)c2=O)cc1[N+](=O)[O-]. The average Bonchev–Trinajstić information content (AvgIpc) is 2.56. The Hall–Kier alpha value is -3.49. The molecule has 9 nitrogen and oxygen atoms in total. The van der Waals surface area contributed by atoms with Crippen molar-refractivity contribution in [3.63, 3.8) is 0 Å². The van der Waals surface area contributed by atoms with E-state index >= 15 is 0 Å². The molecule has 1 N–H and O–H groups in total. The normalized spacial score (nSPS) is 10.8. The van der Waals surface area contributed by atoms with E-state index in [0.717, 1.165) is 10.6 Å². The monoisotopic (exact) mass is 344 g/mol. The molecule has 25 heavy (non-hydrogen) atoms. The molecule has 1 heterocycles. The highest BCUT2D eigenvalue weighted by Gasteiger charge is 2.12. The van der Waals surface area contributed by atoms with E-state index in [-0.39, 0.29) is 16.9 Å². The molecule has 0 radical (unpaired) electrons. The average molecular weight is 344 g/mol. The number of carbonyl (C=O) groups is 1. The molecular formula is C16H16N4O5. The molecule has 0 aliphatic rings. The molecule has 0 atom stereocenters. The third kappa shape index (κ3) is 3.89. The van der Waals surface area contributed by atoms with Crippen LogP contribution in [0.15, 0.2) is 40.1 Å². The van der Waals surface area contributed by atoms with Crippen molar-refractivity contribution in [2.24, 2.45) is 14.1 Å². The summed E-state index contributed by atoms with van der Waals surface area (Å²) in [7, 11) is 2.83. The Morgan fingerprint density at radius 3 is 2.60 bits per heavy atom. The van der Waals surface area contributed by atoms with E-state index in [9.17, 15) is 24.5 Å². The summed E-state index contributed by atoms with van der Waals surface area (Å²) in [5, 5.41) is 13.4. The van der Waals surface area contributed by atoms with Gasteiger partial charge in [0.2, 0.25) is 5.91 Å². The van der Waals surface area contributed by atoms with Gasteiger partial charge in [-0.05, 0) is 19.1 Å². The van der Waals surface area contributed by atoms with Crippen LogP contribution in [-0.4, -0.2) is 20.0 Å². The predicted molar refractivity (Wildman–Crippen MR) is 92.4 cm³/mol. The van der Waals surface area contributed by atoms with Gasteiger partial charge in [0.25, 0.3) is 11.2 Å². The highest BCUT2D eigenvalue weighted by Crippen LogP contribution is 2.22. The van der Waals surface area contributed by atoms with Crippen molar-refractivity contribution in [1.29, 1.82) is 0 Å². The predicted octanol–water partition coefficient (Wildman–Crippen LogP) is 0.953. The van der Waals surface area contributed by atoms with Crippen molar-refractivity contribution >= 4 is 23.4 Å². The third-order valence-corrected chi connectivity index (χ3v) is 3.56. The number of hydrogen-bond donors (Lipinski definition) is 1. The molecule has 0 saturated heterocycles. The van der Waals surface area contributed by atoms with Crippen LogP contribution in [0.1, 0.15) is 11.1 Å². The highest BCUT2D eigenvalue weighted by atomic mass is 16.6. The summed E-state index contributed by atoms with van der Waals surface area (Å²) in [6.07, 6.45) is 3.72. The van der Waals surface area contributed by atoms with Crippen LogP contribution < -0.4 is 16.6 Å². The molecule has 2 aromatic rings. The van der Waals surface area contributed by atoms with Gasteiger partial charge in [0.05, 0.1) is 10.5 Å². The molecule has 0 fully saturated rings. The summed E-state index contributed by atoms with van der Waals surface area (Å²) in [5.74, 6) is -0.561. The molecule has 0 bridgehead atoms. The van der Waals surface area contributed by atoms with Gasteiger partial charge in [-0.2, -0.15) is 0 Å². The lowest BCUT2D eigenvalue weighted by Gasteiger charge is -2.04. The van der Waals surface area contributed by atoms with Crippen molar-refractivity contribution in [2.75, 3.05) is 5.32 Å². The fraction of sp³-hybridized carbons (Fsp3) is 0.188. The number of benzene rings is 1. The van der Waals surface area contributed by atoms with Crippen molar-refractivity contribution < 1.29 is 9.72 Å². The van der Waals surface area contributed by atoms with E-state index in [1.807, 2.05) is 0 Å². The van der Waals surface area contributed by atoms with Gasteiger partial charge in [0, 0.05) is 43.7 Å². The second-order valence-electron chi connectivity index (χ2n) is 5.42. The topological polar surface area (TPSA) is 116 Å². The van der Waals surface area contributed by atoms with Gasteiger partial charge in [0.1, 0.15) is 0 Å². The first kappa shape index (κ1) is 17.9. The maximum absolute atomic E-state index is 12.0. The Morgan fingerprint density at radius 2 is 1.96 bits per heavy atom. The number of nitrogens with zero attached hydrogens (tertiary/aromatic N) is 3. The second-order valence-corrected chi connectivity index (χ2v) is 5.42. The van der Waals surface area contributed by atoms with Gasteiger partial charge >= 0.3 is 5.69 Å². The zero-order valence-electron chi connectivity index (χ0n) is 13.8. The van der Waals surface area contributed by atoms with Crippen molar-refractivity contribution in [2.45, 2.75) is 6.92 Å². The first-order valence-electron chi connectivity index (χ1n) is 7.21. The number of rotatable bonds is 4. The van der Waals surface area contributed by atoms with Crippen LogP contribution in [0, 0.1) is 17.0 Å². The van der Waals surface area contributed by atoms with E-state index in [4.69, 9.17) is 0 Å².